The van der Waals surface area contributed by atoms with E-state index in [0.717, 1.165) is 0 Å². The van der Waals surface area contributed by atoms with E-state index in [4.69, 9.17) is 0 Å². The molecule has 0 aromatic carbocycles. The van der Waals surface area contributed by atoms with Gasteiger partial charge in [0.05, 0.1) is 6.54 Å². The van der Waals surface area contributed by atoms with Crippen LogP contribution in [0, 0.1) is 0 Å². The molecular formula is C11H18N4O2. The Morgan fingerprint density at radius 2 is 2.24 bits per heavy atom. The second kappa shape index (κ2) is 6.03. The SMILES string of the molecule is CCN(C)C(=O)CNc1nccn(CC)c1=O. The smallest absolute Gasteiger partial charge is 0.293 e. The molecule has 0 aliphatic rings. The van der Waals surface area contributed by atoms with Gasteiger partial charge in [0.2, 0.25) is 5.91 Å². The molecule has 1 rings (SSSR count). The van der Waals surface area contributed by atoms with Crippen LogP contribution in [-0.4, -0.2) is 40.5 Å². The fraction of sp³-hybridized carbons (Fsp3) is 0.545. The normalized spacial score (nSPS) is 10.1. The van der Waals surface area contributed by atoms with Crippen molar-refractivity contribution in [3.8, 4) is 0 Å². The van der Waals surface area contributed by atoms with E-state index in [1.54, 1.807) is 24.3 Å². The highest BCUT2D eigenvalue weighted by Crippen LogP contribution is 1.93. The molecule has 17 heavy (non-hydrogen) atoms. The molecule has 6 nitrogen and oxygen atoms in total. The van der Waals surface area contributed by atoms with Crippen molar-refractivity contribution < 1.29 is 4.79 Å². The fourth-order valence-corrected chi connectivity index (χ4v) is 1.29. The lowest BCUT2D eigenvalue weighted by Crippen LogP contribution is -2.34. The zero-order chi connectivity index (χ0) is 12.8. The van der Waals surface area contributed by atoms with Gasteiger partial charge in [-0.15, -0.1) is 0 Å². The summed E-state index contributed by atoms with van der Waals surface area (Å²) in [6.45, 7) is 5.07. The Labute approximate surface area is 100 Å². The van der Waals surface area contributed by atoms with Crippen molar-refractivity contribution in [2.75, 3.05) is 25.5 Å². The Kier molecular flexibility index (Phi) is 4.68. The van der Waals surface area contributed by atoms with Gasteiger partial charge in [-0.1, -0.05) is 0 Å². The van der Waals surface area contributed by atoms with Crippen molar-refractivity contribution >= 4 is 11.7 Å². The topological polar surface area (TPSA) is 67.2 Å². The average Bonchev–Trinajstić information content (AvgIpc) is 2.36. The summed E-state index contributed by atoms with van der Waals surface area (Å²) in [5, 5.41) is 2.77. The zero-order valence-corrected chi connectivity index (χ0v) is 10.4. The van der Waals surface area contributed by atoms with Crippen molar-refractivity contribution in [3.05, 3.63) is 22.7 Å². The number of aromatic nitrogens is 2. The number of likely N-dealkylation sites (N-methyl/N-ethyl adjacent to an activating group) is 1. The number of hydrogen-bond donors (Lipinski definition) is 1. The summed E-state index contributed by atoms with van der Waals surface area (Å²) in [6.07, 6.45) is 3.16. The third-order valence-corrected chi connectivity index (χ3v) is 2.56. The molecule has 1 aromatic heterocycles. The second-order valence-electron chi connectivity index (χ2n) is 3.63. The number of nitrogens with zero attached hydrogens (tertiary/aromatic N) is 3. The van der Waals surface area contributed by atoms with Gasteiger partial charge in [0, 0.05) is 32.5 Å². The number of amides is 1. The summed E-state index contributed by atoms with van der Waals surface area (Å²) in [6, 6.07) is 0. The molecular weight excluding hydrogens is 220 g/mol. The van der Waals surface area contributed by atoms with E-state index in [0.29, 0.717) is 13.1 Å². The first-order valence-corrected chi connectivity index (χ1v) is 5.63. The summed E-state index contributed by atoms with van der Waals surface area (Å²) in [4.78, 5) is 28.8. The van der Waals surface area contributed by atoms with E-state index in [1.165, 1.54) is 4.57 Å². The fourth-order valence-electron chi connectivity index (χ4n) is 1.29. The molecule has 0 atom stereocenters. The van der Waals surface area contributed by atoms with Gasteiger partial charge in [-0.05, 0) is 13.8 Å². The van der Waals surface area contributed by atoms with Crippen molar-refractivity contribution in [2.45, 2.75) is 20.4 Å². The third kappa shape index (κ3) is 3.30. The molecule has 0 saturated carbocycles. The molecule has 0 unspecified atom stereocenters. The molecule has 0 aliphatic heterocycles. The molecule has 0 bridgehead atoms. The van der Waals surface area contributed by atoms with Gasteiger partial charge in [-0.2, -0.15) is 0 Å². The predicted octanol–water partition coefficient (Wildman–Crippen LogP) is 0.153. The Morgan fingerprint density at radius 3 is 2.82 bits per heavy atom. The number of carbonyl (C=O) groups excluding carboxylic acids is 1. The van der Waals surface area contributed by atoms with Crippen molar-refractivity contribution in [3.63, 3.8) is 0 Å². The highest BCUT2D eigenvalue weighted by Gasteiger charge is 2.08. The van der Waals surface area contributed by atoms with Gasteiger partial charge in [0.1, 0.15) is 0 Å². The van der Waals surface area contributed by atoms with E-state index >= 15 is 0 Å². The Hall–Kier alpha value is -1.85. The lowest BCUT2D eigenvalue weighted by molar-refractivity contribution is -0.127. The van der Waals surface area contributed by atoms with E-state index in [1.807, 2.05) is 13.8 Å². The van der Waals surface area contributed by atoms with E-state index in [9.17, 15) is 9.59 Å². The van der Waals surface area contributed by atoms with E-state index in [2.05, 4.69) is 10.3 Å². The van der Waals surface area contributed by atoms with Gasteiger partial charge >= 0.3 is 0 Å². The Balaban J connectivity index is 2.70. The van der Waals surface area contributed by atoms with E-state index in [-0.39, 0.29) is 23.8 Å². The van der Waals surface area contributed by atoms with Crippen LogP contribution in [0.25, 0.3) is 0 Å². The van der Waals surface area contributed by atoms with Crippen LogP contribution < -0.4 is 10.9 Å². The van der Waals surface area contributed by atoms with Gasteiger partial charge in [0.15, 0.2) is 5.82 Å². The van der Waals surface area contributed by atoms with Gasteiger partial charge in [-0.3, -0.25) is 9.59 Å². The van der Waals surface area contributed by atoms with Crippen LogP contribution >= 0.6 is 0 Å². The van der Waals surface area contributed by atoms with Crippen molar-refractivity contribution in [1.82, 2.24) is 14.5 Å². The maximum absolute atomic E-state index is 11.8. The Bertz CT molecular complexity index is 441. The first-order chi connectivity index (χ1) is 8.10. The molecule has 94 valence electrons. The standard InChI is InChI=1S/C11H18N4O2/c1-4-14(3)9(16)8-13-10-11(17)15(5-2)7-6-12-10/h6-7H,4-5,8H2,1-3H3,(H,12,13). The first kappa shape index (κ1) is 13.2. The van der Waals surface area contributed by atoms with Crippen LogP contribution in [0.2, 0.25) is 0 Å². The highest BCUT2D eigenvalue weighted by atomic mass is 16.2. The molecule has 0 spiro atoms. The number of aryl methyl sites for hydroxylation is 1. The van der Waals surface area contributed by atoms with Crippen LogP contribution in [0.3, 0.4) is 0 Å². The summed E-state index contributed by atoms with van der Waals surface area (Å²) >= 11 is 0. The molecule has 1 N–H and O–H groups in total. The van der Waals surface area contributed by atoms with Gasteiger partial charge in [-0.25, -0.2) is 4.98 Å². The highest BCUT2D eigenvalue weighted by molar-refractivity contribution is 5.80. The average molecular weight is 238 g/mol. The minimum Gasteiger partial charge on any atom is -0.356 e. The van der Waals surface area contributed by atoms with E-state index < -0.39 is 0 Å². The zero-order valence-electron chi connectivity index (χ0n) is 10.4. The minimum absolute atomic E-state index is 0.0689. The lowest BCUT2D eigenvalue weighted by atomic mass is 10.5. The number of anilines is 1. The van der Waals surface area contributed by atoms with Crippen LogP contribution in [0.1, 0.15) is 13.8 Å². The number of rotatable bonds is 5. The quantitative estimate of drug-likeness (QED) is 0.793. The predicted molar refractivity (Wildman–Crippen MR) is 66.0 cm³/mol. The molecule has 1 heterocycles. The molecule has 1 aromatic rings. The molecule has 0 radical (unpaired) electrons. The van der Waals surface area contributed by atoms with Gasteiger partial charge < -0.3 is 14.8 Å². The number of hydrogen-bond acceptors (Lipinski definition) is 4. The van der Waals surface area contributed by atoms with Crippen LogP contribution in [0.15, 0.2) is 17.2 Å². The van der Waals surface area contributed by atoms with Crippen LogP contribution in [-0.2, 0) is 11.3 Å². The molecule has 0 saturated heterocycles. The lowest BCUT2D eigenvalue weighted by Gasteiger charge is -2.14. The summed E-state index contributed by atoms with van der Waals surface area (Å²) in [5.41, 5.74) is -0.207. The number of carbonyl (C=O) groups is 1. The summed E-state index contributed by atoms with van der Waals surface area (Å²) in [7, 11) is 1.72. The van der Waals surface area contributed by atoms with Crippen LogP contribution in [0.4, 0.5) is 5.82 Å². The molecule has 0 fully saturated rings. The van der Waals surface area contributed by atoms with Crippen molar-refractivity contribution in [2.24, 2.45) is 0 Å². The molecule has 0 aliphatic carbocycles. The maximum atomic E-state index is 11.8. The molecule has 1 amide bonds. The van der Waals surface area contributed by atoms with Crippen LogP contribution in [0.5, 0.6) is 0 Å². The Morgan fingerprint density at radius 1 is 1.53 bits per heavy atom. The first-order valence-electron chi connectivity index (χ1n) is 5.63. The van der Waals surface area contributed by atoms with Gasteiger partial charge in [0.25, 0.3) is 5.56 Å². The maximum Gasteiger partial charge on any atom is 0.293 e. The number of nitrogens with one attached hydrogen (secondary N) is 1. The molecule has 6 heteroatoms. The second-order valence-corrected chi connectivity index (χ2v) is 3.63. The van der Waals surface area contributed by atoms with Crippen molar-refractivity contribution in [1.29, 1.82) is 0 Å². The monoisotopic (exact) mass is 238 g/mol. The third-order valence-electron chi connectivity index (χ3n) is 2.56. The summed E-state index contributed by atoms with van der Waals surface area (Å²) in [5.74, 6) is 0.146. The minimum atomic E-state index is -0.207. The largest absolute Gasteiger partial charge is 0.356 e. The summed E-state index contributed by atoms with van der Waals surface area (Å²) < 4.78 is 1.53.